The van der Waals surface area contributed by atoms with Gasteiger partial charge in [-0.15, -0.1) is 0 Å². The van der Waals surface area contributed by atoms with E-state index in [2.05, 4.69) is 25.3 Å². The molecule has 1 saturated carbocycles. The summed E-state index contributed by atoms with van der Waals surface area (Å²) in [6, 6.07) is 0.575. The molecule has 2 aromatic rings. The molecule has 0 spiro atoms. The van der Waals surface area contributed by atoms with Crippen LogP contribution < -0.4 is 5.32 Å². The van der Waals surface area contributed by atoms with Gasteiger partial charge in [-0.3, -0.25) is 9.58 Å². The third-order valence-corrected chi connectivity index (χ3v) is 3.78. The first-order chi connectivity index (χ1) is 10.2. The van der Waals surface area contributed by atoms with Crippen molar-refractivity contribution in [3.8, 4) is 0 Å². The molecule has 7 heteroatoms. The van der Waals surface area contributed by atoms with Crippen LogP contribution in [0.1, 0.15) is 25.6 Å². The van der Waals surface area contributed by atoms with Crippen molar-refractivity contribution in [2.75, 3.05) is 25.0 Å². The molecule has 0 aromatic carbocycles. The molecule has 2 aromatic heterocycles. The highest BCUT2D eigenvalue weighted by atomic mass is 16.3. The van der Waals surface area contributed by atoms with Crippen LogP contribution in [0, 0.1) is 0 Å². The molecule has 0 radical (unpaired) electrons. The average Bonchev–Trinajstić information content (AvgIpc) is 3.24. The van der Waals surface area contributed by atoms with Gasteiger partial charge < -0.3 is 10.4 Å². The Bertz CT molecular complexity index is 621. The molecular formula is C14H22N6O. The first kappa shape index (κ1) is 14.2. The molecule has 2 heterocycles. The highest BCUT2D eigenvalue weighted by molar-refractivity contribution is 5.86. The van der Waals surface area contributed by atoms with Gasteiger partial charge in [0.15, 0.2) is 5.65 Å². The standard InChI is InChI=1S/C14H22N6O/c1-3-15-13-11-8-16-19(2)14(11)18-12(17-13)9-20(6-7-21)10-4-5-10/h8,10,21H,3-7,9H2,1-2H3,(H,15,17,18). The Balaban J connectivity index is 1.91. The fourth-order valence-electron chi connectivity index (χ4n) is 2.58. The fourth-order valence-corrected chi connectivity index (χ4v) is 2.58. The summed E-state index contributed by atoms with van der Waals surface area (Å²) < 4.78 is 1.77. The predicted octanol–water partition coefficient (Wildman–Crippen LogP) is 0.752. The van der Waals surface area contributed by atoms with Crippen LogP contribution in [0.3, 0.4) is 0 Å². The Hall–Kier alpha value is -1.73. The van der Waals surface area contributed by atoms with E-state index < -0.39 is 0 Å². The minimum atomic E-state index is 0.171. The van der Waals surface area contributed by atoms with Crippen LogP contribution in [0.15, 0.2) is 6.20 Å². The zero-order valence-electron chi connectivity index (χ0n) is 12.6. The second-order valence-electron chi connectivity index (χ2n) is 5.45. The van der Waals surface area contributed by atoms with Gasteiger partial charge in [-0.05, 0) is 19.8 Å². The third-order valence-electron chi connectivity index (χ3n) is 3.78. The van der Waals surface area contributed by atoms with Crippen molar-refractivity contribution in [3.63, 3.8) is 0 Å². The van der Waals surface area contributed by atoms with Gasteiger partial charge in [0.2, 0.25) is 0 Å². The maximum atomic E-state index is 9.20. The van der Waals surface area contributed by atoms with Crippen LogP contribution in [0.4, 0.5) is 5.82 Å². The van der Waals surface area contributed by atoms with Crippen molar-refractivity contribution in [1.29, 1.82) is 0 Å². The lowest BCUT2D eigenvalue weighted by molar-refractivity contribution is 0.180. The number of hydrogen-bond donors (Lipinski definition) is 2. The maximum absolute atomic E-state index is 9.20. The second-order valence-corrected chi connectivity index (χ2v) is 5.45. The molecule has 7 nitrogen and oxygen atoms in total. The molecule has 0 unspecified atom stereocenters. The van der Waals surface area contributed by atoms with E-state index in [0.29, 0.717) is 19.1 Å². The molecule has 0 saturated heterocycles. The van der Waals surface area contributed by atoms with E-state index in [9.17, 15) is 5.11 Å². The first-order valence-corrected chi connectivity index (χ1v) is 7.50. The SMILES string of the molecule is CCNc1nc(CN(CCO)C2CC2)nc2c1cnn2C. The number of aryl methyl sites for hydroxylation is 1. The number of rotatable bonds is 7. The Morgan fingerprint density at radius 2 is 2.24 bits per heavy atom. The molecule has 0 bridgehead atoms. The van der Waals surface area contributed by atoms with E-state index in [1.165, 1.54) is 12.8 Å². The highest BCUT2D eigenvalue weighted by Gasteiger charge is 2.29. The Kier molecular flexibility index (Phi) is 4.03. The molecule has 21 heavy (non-hydrogen) atoms. The number of nitrogens with one attached hydrogen (secondary N) is 1. The lowest BCUT2D eigenvalue weighted by atomic mass is 10.3. The summed E-state index contributed by atoms with van der Waals surface area (Å²) in [6.45, 7) is 4.37. The molecule has 114 valence electrons. The van der Waals surface area contributed by atoms with E-state index in [1.807, 2.05) is 14.0 Å². The number of aliphatic hydroxyl groups is 1. The smallest absolute Gasteiger partial charge is 0.163 e. The molecule has 0 amide bonds. The highest BCUT2D eigenvalue weighted by Crippen LogP contribution is 2.28. The summed E-state index contributed by atoms with van der Waals surface area (Å²) in [6.07, 6.45) is 4.20. The van der Waals surface area contributed by atoms with Gasteiger partial charge in [-0.1, -0.05) is 0 Å². The molecule has 1 aliphatic carbocycles. The van der Waals surface area contributed by atoms with Crippen molar-refractivity contribution >= 4 is 16.9 Å². The van der Waals surface area contributed by atoms with Crippen LogP contribution in [0.5, 0.6) is 0 Å². The summed E-state index contributed by atoms with van der Waals surface area (Å²) >= 11 is 0. The summed E-state index contributed by atoms with van der Waals surface area (Å²) in [5.41, 5.74) is 0.843. The van der Waals surface area contributed by atoms with Crippen molar-refractivity contribution < 1.29 is 5.11 Å². The van der Waals surface area contributed by atoms with Gasteiger partial charge in [0, 0.05) is 26.2 Å². The van der Waals surface area contributed by atoms with Crippen molar-refractivity contribution in [3.05, 3.63) is 12.0 Å². The lowest BCUT2D eigenvalue weighted by Crippen LogP contribution is -2.29. The third kappa shape index (κ3) is 2.98. The molecule has 0 atom stereocenters. The van der Waals surface area contributed by atoms with Crippen LogP contribution >= 0.6 is 0 Å². The maximum Gasteiger partial charge on any atom is 0.163 e. The van der Waals surface area contributed by atoms with Gasteiger partial charge in [-0.2, -0.15) is 5.10 Å². The van der Waals surface area contributed by atoms with E-state index in [1.54, 1.807) is 10.9 Å². The van der Waals surface area contributed by atoms with Crippen molar-refractivity contribution in [2.45, 2.75) is 32.4 Å². The van der Waals surface area contributed by atoms with E-state index in [-0.39, 0.29) is 6.61 Å². The predicted molar refractivity (Wildman–Crippen MR) is 81.0 cm³/mol. The molecular weight excluding hydrogens is 268 g/mol. The van der Waals surface area contributed by atoms with Gasteiger partial charge in [0.25, 0.3) is 0 Å². The molecule has 0 aliphatic heterocycles. The Labute approximate surface area is 124 Å². The largest absolute Gasteiger partial charge is 0.395 e. The minimum Gasteiger partial charge on any atom is -0.395 e. The normalized spacial score (nSPS) is 15.0. The number of aromatic nitrogens is 4. The number of hydrogen-bond acceptors (Lipinski definition) is 6. The molecule has 3 rings (SSSR count). The molecule has 1 fully saturated rings. The number of aliphatic hydroxyl groups excluding tert-OH is 1. The Morgan fingerprint density at radius 3 is 2.90 bits per heavy atom. The molecule has 1 aliphatic rings. The van der Waals surface area contributed by atoms with Crippen LogP contribution in [0.2, 0.25) is 0 Å². The van der Waals surface area contributed by atoms with Crippen molar-refractivity contribution in [1.82, 2.24) is 24.6 Å². The fraction of sp³-hybridized carbons (Fsp3) is 0.643. The first-order valence-electron chi connectivity index (χ1n) is 7.50. The summed E-state index contributed by atoms with van der Waals surface area (Å²) in [5.74, 6) is 1.62. The van der Waals surface area contributed by atoms with E-state index in [4.69, 9.17) is 0 Å². The summed E-state index contributed by atoms with van der Waals surface area (Å²) in [5, 5.41) is 17.7. The average molecular weight is 290 g/mol. The van der Waals surface area contributed by atoms with E-state index in [0.717, 1.165) is 29.2 Å². The Morgan fingerprint density at radius 1 is 1.43 bits per heavy atom. The van der Waals surface area contributed by atoms with Gasteiger partial charge in [0.1, 0.15) is 11.6 Å². The van der Waals surface area contributed by atoms with Gasteiger partial charge in [0.05, 0.1) is 24.7 Å². The minimum absolute atomic E-state index is 0.171. The number of anilines is 1. The lowest BCUT2D eigenvalue weighted by Gasteiger charge is -2.20. The second kappa shape index (κ2) is 5.95. The zero-order valence-corrected chi connectivity index (χ0v) is 12.6. The van der Waals surface area contributed by atoms with Crippen LogP contribution in [-0.4, -0.2) is 55.5 Å². The van der Waals surface area contributed by atoms with Gasteiger partial charge >= 0.3 is 0 Å². The topological polar surface area (TPSA) is 79.1 Å². The monoisotopic (exact) mass is 290 g/mol. The summed E-state index contributed by atoms with van der Waals surface area (Å²) in [7, 11) is 1.89. The number of fused-ring (bicyclic) bond motifs is 1. The van der Waals surface area contributed by atoms with Crippen LogP contribution in [-0.2, 0) is 13.6 Å². The van der Waals surface area contributed by atoms with Gasteiger partial charge in [-0.25, -0.2) is 9.97 Å². The van der Waals surface area contributed by atoms with Crippen molar-refractivity contribution in [2.24, 2.45) is 7.05 Å². The summed E-state index contributed by atoms with van der Waals surface area (Å²) in [4.78, 5) is 11.5. The quantitative estimate of drug-likeness (QED) is 0.783. The van der Waals surface area contributed by atoms with Crippen LogP contribution in [0.25, 0.3) is 11.0 Å². The van der Waals surface area contributed by atoms with E-state index >= 15 is 0 Å². The number of nitrogens with zero attached hydrogens (tertiary/aromatic N) is 5. The zero-order chi connectivity index (χ0) is 14.8. The molecule has 2 N–H and O–H groups in total.